The minimum atomic E-state index is -0.672. The van der Waals surface area contributed by atoms with Gasteiger partial charge in [0.25, 0.3) is 0 Å². The Morgan fingerprint density at radius 3 is 2.61 bits per heavy atom. The average Bonchev–Trinajstić information content (AvgIpc) is 2.97. The number of hydrogen-bond donors (Lipinski definition) is 0. The van der Waals surface area contributed by atoms with E-state index in [0.29, 0.717) is 16.9 Å². The smallest absolute Gasteiger partial charge is 0.375 e. The minimum absolute atomic E-state index is 0.0670. The van der Waals surface area contributed by atoms with Gasteiger partial charge in [-0.05, 0) is 18.2 Å². The first-order valence-electron chi connectivity index (χ1n) is 7.02. The zero-order valence-electron chi connectivity index (χ0n) is 12.2. The Bertz CT molecular complexity index is 862. The molecule has 114 valence electrons. The quantitative estimate of drug-likeness (QED) is 0.672. The van der Waals surface area contributed by atoms with Gasteiger partial charge >= 0.3 is 5.97 Å². The van der Waals surface area contributed by atoms with Crippen LogP contribution in [-0.2, 0) is 11.3 Å². The second kappa shape index (κ2) is 6.67. The van der Waals surface area contributed by atoms with Crippen LogP contribution in [0.4, 0.5) is 0 Å². The van der Waals surface area contributed by atoms with Crippen LogP contribution in [0.15, 0.2) is 59.0 Å². The molecule has 1 heterocycles. The molecule has 0 atom stereocenters. The summed E-state index contributed by atoms with van der Waals surface area (Å²) in [5.74, 6) is 0.0842. The minimum Gasteiger partial charge on any atom is -0.489 e. The number of carbonyl (C=O) groups is 1. The fourth-order valence-corrected chi connectivity index (χ4v) is 2.24. The summed E-state index contributed by atoms with van der Waals surface area (Å²) < 4.78 is 16.2. The van der Waals surface area contributed by atoms with Crippen molar-refractivity contribution in [3.63, 3.8) is 0 Å². The van der Waals surface area contributed by atoms with E-state index in [0.717, 1.165) is 5.39 Å². The fourth-order valence-electron chi connectivity index (χ4n) is 2.24. The van der Waals surface area contributed by atoms with Crippen LogP contribution >= 0.6 is 0 Å². The highest BCUT2D eigenvalue weighted by Gasteiger charge is 2.22. The van der Waals surface area contributed by atoms with Gasteiger partial charge in [-0.25, -0.2) is 4.79 Å². The number of rotatable bonds is 5. The lowest BCUT2D eigenvalue weighted by atomic mass is 10.1. The molecule has 1 aromatic heterocycles. The molecule has 0 N–H and O–H groups in total. The Morgan fingerprint density at radius 2 is 1.83 bits per heavy atom. The normalized spacial score (nSPS) is 10.2. The van der Waals surface area contributed by atoms with Crippen molar-refractivity contribution in [1.82, 2.24) is 0 Å². The molecule has 0 fully saturated rings. The lowest BCUT2D eigenvalue weighted by Crippen LogP contribution is -2.08. The third-order valence-electron chi connectivity index (χ3n) is 3.28. The molecule has 0 aliphatic rings. The number of fused-ring (bicyclic) bond motifs is 1. The summed E-state index contributed by atoms with van der Waals surface area (Å²) >= 11 is 0. The topological polar surface area (TPSA) is 72.5 Å². The highest BCUT2D eigenvalue weighted by Crippen LogP contribution is 2.27. The third-order valence-corrected chi connectivity index (χ3v) is 3.28. The first kappa shape index (κ1) is 14.7. The van der Waals surface area contributed by atoms with Crippen LogP contribution in [0.2, 0.25) is 0 Å². The summed E-state index contributed by atoms with van der Waals surface area (Å²) in [5, 5.41) is 9.33. The summed E-state index contributed by atoms with van der Waals surface area (Å²) in [6.45, 7) is -0.160. The van der Waals surface area contributed by atoms with Crippen molar-refractivity contribution in [2.45, 2.75) is 6.61 Å². The van der Waals surface area contributed by atoms with Crippen molar-refractivity contribution < 1.29 is 18.7 Å². The van der Waals surface area contributed by atoms with Crippen LogP contribution in [0.25, 0.3) is 11.0 Å². The van der Waals surface area contributed by atoms with Gasteiger partial charge in [-0.3, -0.25) is 0 Å². The molecule has 0 unspecified atom stereocenters. The van der Waals surface area contributed by atoms with Crippen molar-refractivity contribution in [2.24, 2.45) is 0 Å². The van der Waals surface area contributed by atoms with Gasteiger partial charge in [0.15, 0.2) is 6.61 Å². The van der Waals surface area contributed by atoms with Gasteiger partial charge in [-0.1, -0.05) is 36.4 Å². The molecule has 2 aromatic carbocycles. The maximum atomic E-state index is 12.1. The maximum absolute atomic E-state index is 12.1. The van der Waals surface area contributed by atoms with E-state index < -0.39 is 5.97 Å². The van der Waals surface area contributed by atoms with Crippen molar-refractivity contribution >= 4 is 16.9 Å². The molecule has 0 bridgehead atoms. The average molecular weight is 307 g/mol. The van der Waals surface area contributed by atoms with E-state index in [1.54, 1.807) is 12.1 Å². The van der Waals surface area contributed by atoms with E-state index in [9.17, 15) is 4.79 Å². The molecule has 0 spiro atoms. The third kappa shape index (κ3) is 3.16. The monoisotopic (exact) mass is 307 g/mol. The number of esters is 1. The number of furan rings is 1. The van der Waals surface area contributed by atoms with Gasteiger partial charge < -0.3 is 13.9 Å². The Kier molecular flexibility index (Phi) is 4.25. The summed E-state index contributed by atoms with van der Waals surface area (Å²) in [5.41, 5.74) is 1.18. The van der Waals surface area contributed by atoms with Crippen molar-refractivity contribution in [3.05, 3.63) is 65.9 Å². The summed E-state index contributed by atoms with van der Waals surface area (Å²) in [7, 11) is 0. The number of benzene rings is 2. The molecule has 5 nitrogen and oxygen atoms in total. The first-order valence-corrected chi connectivity index (χ1v) is 7.02. The largest absolute Gasteiger partial charge is 0.489 e. The van der Waals surface area contributed by atoms with Crippen LogP contribution in [0.1, 0.15) is 16.1 Å². The molecule has 3 rings (SSSR count). The van der Waals surface area contributed by atoms with Gasteiger partial charge in [-0.2, -0.15) is 5.26 Å². The van der Waals surface area contributed by atoms with E-state index >= 15 is 0 Å². The molecule has 0 saturated heterocycles. The second-order valence-electron chi connectivity index (χ2n) is 4.74. The predicted molar refractivity (Wildman–Crippen MR) is 82.9 cm³/mol. The lowest BCUT2D eigenvalue weighted by molar-refractivity contribution is 0.0517. The molecule has 0 radical (unpaired) electrons. The van der Waals surface area contributed by atoms with Gasteiger partial charge in [-0.15, -0.1) is 0 Å². The molecule has 5 heteroatoms. The molecule has 0 aliphatic carbocycles. The number of para-hydroxylation sites is 2. The summed E-state index contributed by atoms with van der Waals surface area (Å²) in [6.07, 6.45) is 0. The van der Waals surface area contributed by atoms with Gasteiger partial charge in [0.1, 0.15) is 24.0 Å². The number of carbonyl (C=O) groups excluding carboxylic acids is 1. The zero-order chi connectivity index (χ0) is 16.1. The van der Waals surface area contributed by atoms with Crippen LogP contribution < -0.4 is 4.74 Å². The Balaban J connectivity index is 1.93. The van der Waals surface area contributed by atoms with Crippen LogP contribution in [0.5, 0.6) is 5.75 Å². The SMILES string of the molecule is N#CCOC(=O)c1oc2ccccc2c1COc1ccccc1. The van der Waals surface area contributed by atoms with E-state index in [1.165, 1.54) is 0 Å². The number of ether oxygens (including phenoxy) is 2. The Morgan fingerprint density at radius 1 is 1.09 bits per heavy atom. The van der Waals surface area contributed by atoms with Crippen LogP contribution in [0.3, 0.4) is 0 Å². The van der Waals surface area contributed by atoms with Crippen LogP contribution in [-0.4, -0.2) is 12.6 Å². The van der Waals surface area contributed by atoms with Crippen LogP contribution in [0, 0.1) is 11.3 Å². The summed E-state index contributed by atoms with van der Waals surface area (Å²) in [4.78, 5) is 12.1. The molecule has 0 amide bonds. The lowest BCUT2D eigenvalue weighted by Gasteiger charge is -2.06. The Labute approximate surface area is 132 Å². The van der Waals surface area contributed by atoms with Gasteiger partial charge in [0.05, 0.1) is 5.56 Å². The maximum Gasteiger partial charge on any atom is 0.375 e. The molecular formula is C18H13NO4. The molecule has 23 heavy (non-hydrogen) atoms. The fraction of sp³-hybridized carbons (Fsp3) is 0.111. The summed E-state index contributed by atoms with van der Waals surface area (Å²) in [6, 6.07) is 18.3. The predicted octanol–water partition coefficient (Wildman–Crippen LogP) is 3.69. The molecule has 3 aromatic rings. The van der Waals surface area contributed by atoms with Gasteiger partial charge in [0.2, 0.25) is 5.76 Å². The van der Waals surface area contributed by atoms with Crippen molar-refractivity contribution in [2.75, 3.05) is 6.61 Å². The molecule has 0 aliphatic heterocycles. The molecule has 0 saturated carbocycles. The van der Waals surface area contributed by atoms with E-state index in [1.807, 2.05) is 48.5 Å². The highest BCUT2D eigenvalue weighted by atomic mass is 16.5. The zero-order valence-corrected chi connectivity index (χ0v) is 12.2. The highest BCUT2D eigenvalue weighted by molar-refractivity contribution is 5.96. The molecular weight excluding hydrogens is 294 g/mol. The van der Waals surface area contributed by atoms with E-state index in [2.05, 4.69) is 0 Å². The first-order chi connectivity index (χ1) is 11.3. The van der Waals surface area contributed by atoms with E-state index in [4.69, 9.17) is 19.2 Å². The number of hydrogen-bond acceptors (Lipinski definition) is 5. The van der Waals surface area contributed by atoms with Crippen molar-refractivity contribution in [3.8, 4) is 11.8 Å². The Hall–Kier alpha value is -3.26. The van der Waals surface area contributed by atoms with Gasteiger partial charge in [0, 0.05) is 5.39 Å². The van der Waals surface area contributed by atoms with Crippen molar-refractivity contribution in [1.29, 1.82) is 5.26 Å². The standard InChI is InChI=1S/C18H13NO4/c19-10-11-21-18(20)17-15(12-22-13-6-2-1-3-7-13)14-8-4-5-9-16(14)23-17/h1-9H,11-12H2. The number of nitriles is 1. The second-order valence-corrected chi connectivity index (χ2v) is 4.74. The number of nitrogens with zero attached hydrogens (tertiary/aromatic N) is 1. The van der Waals surface area contributed by atoms with E-state index in [-0.39, 0.29) is 19.0 Å².